The molecular weight excluding hydrogens is 380 g/mol. The van der Waals surface area contributed by atoms with Gasteiger partial charge in [-0.1, -0.05) is 30.3 Å². The van der Waals surface area contributed by atoms with Crippen LogP contribution >= 0.6 is 0 Å². The highest BCUT2D eigenvalue weighted by Gasteiger charge is 2.32. The van der Waals surface area contributed by atoms with Gasteiger partial charge < -0.3 is 14.6 Å². The number of ether oxygens (including phenoxy) is 2. The van der Waals surface area contributed by atoms with E-state index in [1.807, 2.05) is 48.5 Å². The number of para-hydroxylation sites is 1. The maximum atomic E-state index is 11.7. The number of aliphatic carboxylic acids is 1. The van der Waals surface area contributed by atoms with Gasteiger partial charge in [-0.2, -0.15) is 0 Å². The lowest BCUT2D eigenvalue weighted by Gasteiger charge is -2.37. The highest BCUT2D eigenvalue weighted by molar-refractivity contribution is 5.78. The molecule has 1 aliphatic heterocycles. The second-order valence-electron chi connectivity index (χ2n) is 7.62. The van der Waals surface area contributed by atoms with Crippen LogP contribution in [0.25, 0.3) is 10.9 Å². The molecule has 4 rings (SSSR count). The zero-order chi connectivity index (χ0) is 21.1. The number of methoxy groups -OCH3 is 2. The van der Waals surface area contributed by atoms with Crippen LogP contribution in [0.4, 0.5) is 0 Å². The monoisotopic (exact) mass is 406 g/mol. The molecule has 2 heterocycles. The van der Waals surface area contributed by atoms with Gasteiger partial charge in [0.15, 0.2) is 11.5 Å². The fourth-order valence-electron chi connectivity index (χ4n) is 4.27. The molecule has 2 unspecified atom stereocenters. The maximum absolute atomic E-state index is 11.7. The predicted molar refractivity (Wildman–Crippen MR) is 115 cm³/mol. The Morgan fingerprint density at radius 3 is 2.67 bits per heavy atom. The molecule has 0 spiro atoms. The number of fused-ring (bicyclic) bond motifs is 1. The number of benzene rings is 2. The summed E-state index contributed by atoms with van der Waals surface area (Å²) in [6.07, 6.45) is 1.55. The van der Waals surface area contributed by atoms with Crippen molar-refractivity contribution < 1.29 is 19.4 Å². The van der Waals surface area contributed by atoms with Crippen molar-refractivity contribution in [2.24, 2.45) is 5.92 Å². The first-order valence-electron chi connectivity index (χ1n) is 10.1. The Bertz CT molecular complexity index is 1050. The average molecular weight is 406 g/mol. The second-order valence-corrected chi connectivity index (χ2v) is 7.62. The van der Waals surface area contributed by atoms with E-state index in [9.17, 15) is 9.90 Å². The summed E-state index contributed by atoms with van der Waals surface area (Å²) in [5.74, 6) is 0.195. The predicted octanol–water partition coefficient (Wildman–Crippen LogP) is 4.14. The smallest absolute Gasteiger partial charge is 0.307 e. The van der Waals surface area contributed by atoms with Crippen molar-refractivity contribution in [1.82, 2.24) is 9.88 Å². The van der Waals surface area contributed by atoms with Crippen LogP contribution in [0.15, 0.2) is 54.6 Å². The molecule has 2 aromatic carbocycles. The average Bonchev–Trinajstić information content (AvgIpc) is 2.79. The summed E-state index contributed by atoms with van der Waals surface area (Å²) >= 11 is 0. The maximum Gasteiger partial charge on any atom is 0.307 e. The first kappa shape index (κ1) is 20.2. The Kier molecular flexibility index (Phi) is 5.86. The van der Waals surface area contributed by atoms with Gasteiger partial charge in [-0.05, 0) is 49.2 Å². The normalized spacial score (nSPS) is 18.1. The molecule has 30 heavy (non-hydrogen) atoms. The van der Waals surface area contributed by atoms with Crippen LogP contribution in [0.5, 0.6) is 11.5 Å². The molecule has 6 nitrogen and oxygen atoms in total. The number of carbonyl (C=O) groups is 1. The third kappa shape index (κ3) is 3.96. The van der Waals surface area contributed by atoms with Gasteiger partial charge in [-0.3, -0.25) is 14.7 Å². The molecule has 2 atom stereocenters. The van der Waals surface area contributed by atoms with E-state index in [0.29, 0.717) is 24.5 Å². The lowest BCUT2D eigenvalue weighted by Crippen LogP contribution is -2.41. The molecule has 1 N–H and O–H groups in total. The number of carboxylic acids is 1. The zero-order valence-corrected chi connectivity index (χ0v) is 17.2. The molecular formula is C24H26N2O4. The number of hydrogen-bond acceptors (Lipinski definition) is 5. The zero-order valence-electron chi connectivity index (χ0n) is 17.2. The van der Waals surface area contributed by atoms with E-state index in [1.54, 1.807) is 14.2 Å². The fraction of sp³-hybridized carbons (Fsp3) is 0.333. The molecule has 0 saturated carbocycles. The van der Waals surface area contributed by atoms with Gasteiger partial charge in [0.2, 0.25) is 0 Å². The van der Waals surface area contributed by atoms with E-state index in [4.69, 9.17) is 14.5 Å². The van der Waals surface area contributed by atoms with Gasteiger partial charge >= 0.3 is 5.97 Å². The highest BCUT2D eigenvalue weighted by atomic mass is 16.5. The Labute approximate surface area is 176 Å². The van der Waals surface area contributed by atoms with E-state index in [-0.39, 0.29) is 12.0 Å². The molecule has 6 heteroatoms. The highest BCUT2D eigenvalue weighted by Crippen LogP contribution is 2.37. The van der Waals surface area contributed by atoms with Gasteiger partial charge in [0.05, 0.1) is 37.4 Å². The van der Waals surface area contributed by atoms with E-state index in [1.165, 1.54) is 0 Å². The van der Waals surface area contributed by atoms with Crippen molar-refractivity contribution >= 4 is 16.9 Å². The topological polar surface area (TPSA) is 71.9 Å². The first-order chi connectivity index (χ1) is 14.6. The van der Waals surface area contributed by atoms with Crippen molar-refractivity contribution in [2.75, 3.05) is 27.3 Å². The minimum Gasteiger partial charge on any atom is -0.493 e. The van der Waals surface area contributed by atoms with Gasteiger partial charge in [-0.25, -0.2) is 0 Å². The second kappa shape index (κ2) is 8.71. The van der Waals surface area contributed by atoms with Crippen molar-refractivity contribution in [3.8, 4) is 11.5 Å². The van der Waals surface area contributed by atoms with Crippen LogP contribution < -0.4 is 9.47 Å². The van der Waals surface area contributed by atoms with Crippen LogP contribution in [0, 0.1) is 5.92 Å². The molecule has 3 aromatic rings. The lowest BCUT2D eigenvalue weighted by molar-refractivity contribution is -0.143. The molecule has 156 valence electrons. The standard InChI is InChI=1S/C24H26N2O4/c1-29-21-12-10-17(14-22(21)30-2)23(26-13-5-7-18(15-26)24(27)28)20-11-9-16-6-3-4-8-19(16)25-20/h3-4,6,8-12,14,18,23H,5,7,13,15H2,1-2H3,(H,27,28). The molecule has 0 radical (unpaired) electrons. The molecule has 1 saturated heterocycles. The Hall–Kier alpha value is -3.12. The Morgan fingerprint density at radius 1 is 1.10 bits per heavy atom. The largest absolute Gasteiger partial charge is 0.493 e. The summed E-state index contributed by atoms with van der Waals surface area (Å²) in [5, 5.41) is 10.7. The van der Waals surface area contributed by atoms with Crippen LogP contribution in [0.1, 0.15) is 30.1 Å². The SMILES string of the molecule is COc1ccc(C(c2ccc3ccccc3n2)N2CCCC(C(=O)O)C2)cc1OC. The van der Waals surface area contributed by atoms with E-state index < -0.39 is 5.97 Å². The molecule has 0 amide bonds. The third-order valence-corrected chi connectivity index (χ3v) is 5.79. The number of piperidine rings is 1. The van der Waals surface area contributed by atoms with Gasteiger partial charge in [0.1, 0.15) is 0 Å². The number of rotatable bonds is 6. The number of hydrogen-bond donors (Lipinski definition) is 1. The van der Waals surface area contributed by atoms with Crippen molar-refractivity contribution in [3.05, 3.63) is 65.9 Å². The van der Waals surface area contributed by atoms with E-state index in [2.05, 4.69) is 11.0 Å². The fourth-order valence-corrected chi connectivity index (χ4v) is 4.27. The summed E-state index contributed by atoms with van der Waals surface area (Å²) < 4.78 is 10.9. The molecule has 0 aliphatic carbocycles. The van der Waals surface area contributed by atoms with Gasteiger partial charge in [-0.15, -0.1) is 0 Å². The number of likely N-dealkylation sites (tertiary alicyclic amines) is 1. The quantitative estimate of drug-likeness (QED) is 0.663. The molecule has 1 aromatic heterocycles. The van der Waals surface area contributed by atoms with E-state index >= 15 is 0 Å². The van der Waals surface area contributed by atoms with Gasteiger partial charge in [0, 0.05) is 11.9 Å². The van der Waals surface area contributed by atoms with Crippen LogP contribution in [-0.2, 0) is 4.79 Å². The summed E-state index contributed by atoms with van der Waals surface area (Å²) in [7, 11) is 3.23. The molecule has 1 aliphatic rings. The van der Waals surface area contributed by atoms with Crippen molar-refractivity contribution in [3.63, 3.8) is 0 Å². The first-order valence-corrected chi connectivity index (χ1v) is 10.1. The summed E-state index contributed by atoms with van der Waals surface area (Å²) in [6.45, 7) is 1.31. The number of nitrogens with zero attached hydrogens (tertiary/aromatic N) is 2. The summed E-state index contributed by atoms with van der Waals surface area (Å²) in [4.78, 5) is 18.8. The third-order valence-electron chi connectivity index (χ3n) is 5.79. The van der Waals surface area contributed by atoms with Crippen LogP contribution in [0.2, 0.25) is 0 Å². The number of pyridine rings is 1. The van der Waals surface area contributed by atoms with Crippen molar-refractivity contribution in [1.29, 1.82) is 0 Å². The minimum absolute atomic E-state index is 0.170. The molecule has 1 fully saturated rings. The number of carboxylic acid groups (broad SMARTS) is 1. The van der Waals surface area contributed by atoms with Gasteiger partial charge in [0.25, 0.3) is 0 Å². The minimum atomic E-state index is -0.739. The number of aromatic nitrogens is 1. The summed E-state index contributed by atoms with van der Waals surface area (Å²) in [5.41, 5.74) is 2.82. The van der Waals surface area contributed by atoms with Crippen LogP contribution in [0.3, 0.4) is 0 Å². The van der Waals surface area contributed by atoms with Crippen LogP contribution in [-0.4, -0.2) is 48.3 Å². The van der Waals surface area contributed by atoms with Crippen molar-refractivity contribution in [2.45, 2.75) is 18.9 Å². The summed E-state index contributed by atoms with van der Waals surface area (Å²) in [6, 6.07) is 17.8. The molecule has 0 bridgehead atoms. The van der Waals surface area contributed by atoms with E-state index in [0.717, 1.165) is 35.1 Å². The Morgan fingerprint density at radius 2 is 1.90 bits per heavy atom. The Balaban J connectivity index is 1.80. The lowest BCUT2D eigenvalue weighted by atomic mass is 9.93.